The van der Waals surface area contributed by atoms with E-state index in [9.17, 15) is 9.90 Å². The molecule has 49 heavy (non-hydrogen) atoms. The molecule has 2 aromatic rings. The van der Waals surface area contributed by atoms with Crippen LogP contribution in [0.5, 0.6) is 0 Å². The quantitative estimate of drug-likeness (QED) is 0.0973. The van der Waals surface area contributed by atoms with Gasteiger partial charge in [0.05, 0.1) is 18.3 Å². The SMILES string of the molecule is CC1(C)C(O)CCC2(C)C1CCC1(C)C3CCC4(CCc5cccc(C(=O)NCc6ccc(C(N)=NN=N)cn6)c5)CCCC4C3CCC12. The number of aromatic nitrogens is 1. The van der Waals surface area contributed by atoms with Gasteiger partial charge in [0.1, 0.15) is 0 Å². The second-order valence-corrected chi connectivity index (χ2v) is 17.8. The van der Waals surface area contributed by atoms with Gasteiger partial charge in [0.25, 0.3) is 5.91 Å². The largest absolute Gasteiger partial charge is 0.393 e. The highest BCUT2D eigenvalue weighted by atomic mass is 16.3. The van der Waals surface area contributed by atoms with Crippen LogP contribution in [0.4, 0.5) is 0 Å². The Labute approximate surface area is 293 Å². The molecule has 0 bridgehead atoms. The number of carbonyl (C=O) groups is 1. The van der Waals surface area contributed by atoms with Crippen molar-refractivity contribution in [2.75, 3.05) is 0 Å². The number of amides is 1. The Balaban J connectivity index is 0.997. The second-order valence-electron chi connectivity index (χ2n) is 17.8. The van der Waals surface area contributed by atoms with E-state index in [0.29, 0.717) is 39.8 Å². The molecule has 8 heteroatoms. The van der Waals surface area contributed by atoms with Crippen molar-refractivity contribution in [2.24, 2.45) is 67.3 Å². The predicted octanol–water partition coefficient (Wildman–Crippen LogP) is 8.42. The van der Waals surface area contributed by atoms with Crippen LogP contribution in [0.25, 0.3) is 0 Å². The molecule has 1 aromatic carbocycles. The monoisotopic (exact) mass is 666 g/mol. The van der Waals surface area contributed by atoms with Crippen molar-refractivity contribution >= 4 is 11.7 Å². The maximum atomic E-state index is 13.2. The van der Waals surface area contributed by atoms with Gasteiger partial charge in [0, 0.05) is 17.3 Å². The van der Waals surface area contributed by atoms with E-state index >= 15 is 0 Å². The van der Waals surface area contributed by atoms with Gasteiger partial charge in [-0.2, -0.15) is 5.53 Å². The summed E-state index contributed by atoms with van der Waals surface area (Å²) in [6, 6.07) is 11.8. The van der Waals surface area contributed by atoms with E-state index in [2.05, 4.69) is 60.5 Å². The third-order valence-electron chi connectivity index (χ3n) is 15.5. The van der Waals surface area contributed by atoms with Crippen molar-refractivity contribution in [1.82, 2.24) is 10.3 Å². The molecule has 5 N–H and O–H groups in total. The van der Waals surface area contributed by atoms with E-state index in [-0.39, 0.29) is 23.3 Å². The number of nitrogens with one attached hydrogen (secondary N) is 2. The maximum absolute atomic E-state index is 13.2. The van der Waals surface area contributed by atoms with Gasteiger partial charge in [-0.05, 0) is 158 Å². The van der Waals surface area contributed by atoms with E-state index in [1.54, 1.807) is 18.3 Å². The minimum Gasteiger partial charge on any atom is -0.393 e. The van der Waals surface area contributed by atoms with E-state index in [0.717, 1.165) is 42.2 Å². The Hall–Kier alpha value is -3.13. The molecule has 8 nitrogen and oxygen atoms in total. The van der Waals surface area contributed by atoms with Crippen LogP contribution in [0.2, 0.25) is 0 Å². The molecule has 0 spiro atoms. The molecule has 9 atom stereocenters. The first kappa shape index (κ1) is 34.3. The van der Waals surface area contributed by atoms with Crippen molar-refractivity contribution in [1.29, 1.82) is 5.53 Å². The van der Waals surface area contributed by atoms with Gasteiger partial charge in [-0.1, -0.05) is 51.5 Å². The fourth-order valence-electron chi connectivity index (χ4n) is 13.1. The zero-order valence-corrected chi connectivity index (χ0v) is 30.2. The van der Waals surface area contributed by atoms with Crippen LogP contribution in [-0.4, -0.2) is 27.9 Å². The van der Waals surface area contributed by atoms with E-state index < -0.39 is 0 Å². The Morgan fingerprint density at radius 3 is 2.53 bits per heavy atom. The van der Waals surface area contributed by atoms with Crippen LogP contribution < -0.4 is 11.1 Å². The lowest BCUT2D eigenvalue weighted by Crippen LogP contribution is -2.63. The van der Waals surface area contributed by atoms with Gasteiger partial charge < -0.3 is 16.2 Å². The zero-order chi connectivity index (χ0) is 34.6. The van der Waals surface area contributed by atoms with Crippen molar-refractivity contribution in [3.63, 3.8) is 0 Å². The zero-order valence-electron chi connectivity index (χ0n) is 30.2. The summed E-state index contributed by atoms with van der Waals surface area (Å²) in [6.45, 7) is 10.4. The van der Waals surface area contributed by atoms with Gasteiger partial charge in [-0.25, -0.2) is 0 Å². The molecule has 0 radical (unpaired) electrons. The summed E-state index contributed by atoms with van der Waals surface area (Å²) < 4.78 is 0. The number of nitrogens with zero attached hydrogens (tertiary/aromatic N) is 3. The molecule has 264 valence electrons. The van der Waals surface area contributed by atoms with Crippen molar-refractivity contribution in [3.05, 3.63) is 65.0 Å². The molecule has 1 aromatic heterocycles. The van der Waals surface area contributed by atoms with Crippen molar-refractivity contribution in [2.45, 2.75) is 124 Å². The lowest BCUT2D eigenvalue weighted by Gasteiger charge is -2.69. The van der Waals surface area contributed by atoms with Crippen LogP contribution >= 0.6 is 0 Å². The Morgan fingerprint density at radius 1 is 0.939 bits per heavy atom. The molecular formula is C41H58N6O2. The van der Waals surface area contributed by atoms with Gasteiger partial charge in [0.15, 0.2) is 5.84 Å². The first-order chi connectivity index (χ1) is 23.4. The normalized spacial score (nSPS) is 38.0. The number of aliphatic hydroxyl groups is 1. The highest BCUT2D eigenvalue weighted by molar-refractivity contribution is 5.97. The third-order valence-corrected chi connectivity index (χ3v) is 15.5. The van der Waals surface area contributed by atoms with Crippen LogP contribution in [0.1, 0.15) is 132 Å². The summed E-state index contributed by atoms with van der Waals surface area (Å²) >= 11 is 0. The molecule has 9 unspecified atom stereocenters. The summed E-state index contributed by atoms with van der Waals surface area (Å²) in [7, 11) is 0. The summed E-state index contributed by atoms with van der Waals surface area (Å²) in [4.78, 5) is 17.5. The topological polar surface area (TPSA) is 137 Å². The molecular weight excluding hydrogens is 608 g/mol. The average molecular weight is 667 g/mol. The van der Waals surface area contributed by atoms with Crippen molar-refractivity contribution in [3.8, 4) is 0 Å². The number of amidine groups is 1. The molecule has 5 aliphatic rings. The number of nitrogens with two attached hydrogens (primary N) is 1. The van der Waals surface area contributed by atoms with Crippen LogP contribution in [0, 0.1) is 56.8 Å². The van der Waals surface area contributed by atoms with Gasteiger partial charge in [-0.3, -0.25) is 9.78 Å². The minimum atomic E-state index is -0.157. The molecule has 5 fully saturated rings. The Kier molecular flexibility index (Phi) is 9.03. The number of fused-ring (bicyclic) bond motifs is 7. The Bertz CT molecular complexity index is 1590. The lowest BCUT2D eigenvalue weighted by molar-refractivity contribution is -0.214. The van der Waals surface area contributed by atoms with E-state index in [1.165, 1.54) is 76.2 Å². The lowest BCUT2D eigenvalue weighted by atomic mass is 9.36. The highest BCUT2D eigenvalue weighted by Gasteiger charge is 2.66. The second kappa shape index (κ2) is 12.9. The van der Waals surface area contributed by atoms with E-state index in [4.69, 9.17) is 11.3 Å². The Morgan fingerprint density at radius 2 is 1.76 bits per heavy atom. The standard InChI is InChI=1S/C41H58N6O2/c1-38(2)33-16-19-39(3)31-15-22-41(18-6-9-32(41)30(31)12-13-34(39)40(33,4)20-17-35(38)48)21-14-26-7-5-8-27(23-26)37(49)45-25-29-11-10-28(24-44-29)36(42)46-47-43/h5,7-8,10-11,23-24,30-35,48H,6,9,12-22,25H2,1-4H3,(H,45,49)(H3,42,43,46). The first-order valence-electron chi connectivity index (χ1n) is 19.1. The maximum Gasteiger partial charge on any atom is 0.251 e. The van der Waals surface area contributed by atoms with Crippen LogP contribution in [0.15, 0.2) is 52.9 Å². The number of hydrogen-bond acceptors (Lipinski definition) is 5. The average Bonchev–Trinajstić information content (AvgIpc) is 3.53. The summed E-state index contributed by atoms with van der Waals surface area (Å²) in [5, 5.41) is 20.5. The molecule has 5 saturated carbocycles. The van der Waals surface area contributed by atoms with Gasteiger partial charge >= 0.3 is 0 Å². The number of aliphatic hydroxyl groups excluding tert-OH is 1. The van der Waals surface area contributed by atoms with Gasteiger partial charge in [0.2, 0.25) is 0 Å². The van der Waals surface area contributed by atoms with Crippen LogP contribution in [0.3, 0.4) is 0 Å². The van der Waals surface area contributed by atoms with Gasteiger partial charge in [-0.15, -0.1) is 5.10 Å². The minimum absolute atomic E-state index is 0.0195. The number of aryl methyl sites for hydroxylation is 1. The molecule has 1 heterocycles. The molecule has 0 aliphatic heterocycles. The molecule has 0 saturated heterocycles. The van der Waals surface area contributed by atoms with Crippen molar-refractivity contribution < 1.29 is 9.90 Å². The highest BCUT2D eigenvalue weighted by Crippen LogP contribution is 2.73. The predicted molar refractivity (Wildman–Crippen MR) is 193 cm³/mol. The molecule has 5 aliphatic carbocycles. The number of carbonyl (C=O) groups excluding carboxylic acids is 1. The summed E-state index contributed by atoms with van der Waals surface area (Å²) in [6.07, 6.45) is 18.2. The molecule has 7 rings (SSSR count). The van der Waals surface area contributed by atoms with E-state index in [1.807, 2.05) is 12.1 Å². The number of benzene rings is 1. The third kappa shape index (κ3) is 5.84. The fourth-order valence-corrected chi connectivity index (χ4v) is 13.1. The number of pyridine rings is 1. The summed E-state index contributed by atoms with van der Waals surface area (Å²) in [5.74, 6) is 4.00. The smallest absolute Gasteiger partial charge is 0.251 e. The molecule has 1 amide bonds. The first-order valence-corrected chi connectivity index (χ1v) is 19.1. The number of rotatable bonds is 8. The number of hydrogen-bond donors (Lipinski definition) is 4. The van der Waals surface area contributed by atoms with Crippen LogP contribution in [-0.2, 0) is 13.0 Å². The summed E-state index contributed by atoms with van der Waals surface area (Å²) in [5.41, 5.74) is 17.1. The fraction of sp³-hybridized carbons (Fsp3) is 0.683.